The van der Waals surface area contributed by atoms with E-state index in [-0.39, 0.29) is 11.9 Å². The molecule has 0 radical (unpaired) electrons. The van der Waals surface area contributed by atoms with Crippen LogP contribution in [0.4, 0.5) is 18.0 Å². The summed E-state index contributed by atoms with van der Waals surface area (Å²) in [7, 11) is 1.53. The second-order valence-corrected chi connectivity index (χ2v) is 5.42. The largest absolute Gasteiger partial charge is 0.471 e. The molecule has 2 heterocycles. The first kappa shape index (κ1) is 16.3. The van der Waals surface area contributed by atoms with E-state index in [0.717, 1.165) is 4.88 Å². The fraction of sp³-hybridized carbons (Fsp3) is 0.417. The third-order valence-corrected chi connectivity index (χ3v) is 3.85. The molecule has 0 fully saturated rings. The Labute approximate surface area is 127 Å². The van der Waals surface area contributed by atoms with E-state index < -0.39 is 12.1 Å². The van der Waals surface area contributed by atoms with Gasteiger partial charge >= 0.3 is 18.1 Å². The second-order valence-electron chi connectivity index (χ2n) is 4.26. The predicted molar refractivity (Wildman–Crippen MR) is 73.2 cm³/mol. The van der Waals surface area contributed by atoms with Crippen molar-refractivity contribution < 1.29 is 22.5 Å². The summed E-state index contributed by atoms with van der Waals surface area (Å²) in [6, 6.07) is 3.09. The molecule has 0 saturated heterocycles. The van der Waals surface area contributed by atoms with E-state index in [9.17, 15) is 18.0 Å². The van der Waals surface area contributed by atoms with Crippen molar-refractivity contribution in [2.45, 2.75) is 19.6 Å². The monoisotopic (exact) mass is 334 g/mol. The number of aromatic nitrogens is 2. The summed E-state index contributed by atoms with van der Waals surface area (Å²) in [6.45, 7) is 2.69. The van der Waals surface area contributed by atoms with Crippen molar-refractivity contribution >= 4 is 17.4 Å². The van der Waals surface area contributed by atoms with Gasteiger partial charge in [-0.1, -0.05) is 5.16 Å². The van der Waals surface area contributed by atoms with Crippen LogP contribution >= 0.6 is 11.3 Å². The average Bonchev–Trinajstić information content (AvgIpc) is 3.11. The van der Waals surface area contributed by atoms with Crippen LogP contribution in [-0.4, -0.2) is 34.7 Å². The van der Waals surface area contributed by atoms with Gasteiger partial charge in [0.25, 0.3) is 0 Å². The zero-order valence-electron chi connectivity index (χ0n) is 11.8. The van der Waals surface area contributed by atoms with E-state index >= 15 is 0 Å². The number of hydrogen-bond donors (Lipinski definition) is 1. The molecule has 6 nitrogen and oxygen atoms in total. The zero-order chi connectivity index (χ0) is 16.3. The van der Waals surface area contributed by atoms with E-state index in [1.165, 1.54) is 18.4 Å². The molecule has 0 aliphatic carbocycles. The van der Waals surface area contributed by atoms with E-state index in [2.05, 4.69) is 20.0 Å². The van der Waals surface area contributed by atoms with Crippen LogP contribution < -0.4 is 5.32 Å². The van der Waals surface area contributed by atoms with Crippen LogP contribution in [0.3, 0.4) is 0 Å². The smallest absolute Gasteiger partial charge is 0.341 e. The number of carbonyl (C=O) groups is 1. The SMILES string of the molecule is CCN(Cc1ccc(-c2noc(C(F)(F)F)n2)s1)C(=O)NC. The van der Waals surface area contributed by atoms with Crippen LogP contribution in [-0.2, 0) is 12.7 Å². The lowest BCUT2D eigenvalue weighted by Crippen LogP contribution is -2.37. The van der Waals surface area contributed by atoms with Gasteiger partial charge in [0.05, 0.1) is 11.4 Å². The molecular weight excluding hydrogens is 321 g/mol. The Morgan fingerprint density at radius 3 is 2.73 bits per heavy atom. The van der Waals surface area contributed by atoms with Gasteiger partial charge in [0.1, 0.15) is 0 Å². The van der Waals surface area contributed by atoms with E-state index in [1.807, 2.05) is 6.92 Å². The fourth-order valence-electron chi connectivity index (χ4n) is 1.70. The molecule has 0 aromatic carbocycles. The Morgan fingerprint density at radius 2 is 2.18 bits per heavy atom. The normalized spacial score (nSPS) is 11.5. The molecule has 0 spiro atoms. The van der Waals surface area contributed by atoms with Crippen molar-refractivity contribution in [3.63, 3.8) is 0 Å². The van der Waals surface area contributed by atoms with Crippen LogP contribution in [0, 0.1) is 0 Å². The maximum atomic E-state index is 12.4. The number of amides is 2. The molecule has 2 amide bonds. The highest BCUT2D eigenvalue weighted by molar-refractivity contribution is 7.15. The van der Waals surface area contributed by atoms with Crippen molar-refractivity contribution in [2.75, 3.05) is 13.6 Å². The predicted octanol–water partition coefficient (Wildman–Crippen LogP) is 2.98. The number of thiophene rings is 1. The van der Waals surface area contributed by atoms with Crippen LogP contribution in [0.5, 0.6) is 0 Å². The molecule has 120 valence electrons. The average molecular weight is 334 g/mol. The van der Waals surface area contributed by atoms with Crippen molar-refractivity contribution in [3.8, 4) is 10.7 Å². The topological polar surface area (TPSA) is 71.3 Å². The Bertz CT molecular complexity index is 653. The molecule has 22 heavy (non-hydrogen) atoms. The van der Waals surface area contributed by atoms with E-state index in [4.69, 9.17) is 0 Å². The number of carbonyl (C=O) groups excluding carboxylic acids is 1. The minimum atomic E-state index is -4.66. The van der Waals surface area contributed by atoms with Gasteiger partial charge in [-0.3, -0.25) is 0 Å². The Balaban J connectivity index is 2.14. The summed E-state index contributed by atoms with van der Waals surface area (Å²) < 4.78 is 41.5. The quantitative estimate of drug-likeness (QED) is 0.933. The first-order valence-corrected chi connectivity index (χ1v) is 7.13. The van der Waals surface area contributed by atoms with Gasteiger partial charge in [-0.2, -0.15) is 18.2 Å². The van der Waals surface area contributed by atoms with Crippen LogP contribution in [0.1, 0.15) is 17.7 Å². The third kappa shape index (κ3) is 3.56. The Morgan fingerprint density at radius 1 is 1.45 bits per heavy atom. The molecule has 0 saturated carbocycles. The summed E-state index contributed by atoms with van der Waals surface area (Å²) in [5.74, 6) is -1.50. The van der Waals surface area contributed by atoms with Gasteiger partial charge in [0, 0.05) is 18.5 Å². The molecule has 0 aliphatic rings. The summed E-state index contributed by atoms with van der Waals surface area (Å²) in [5.41, 5.74) is 0. The minimum Gasteiger partial charge on any atom is -0.341 e. The number of hydrogen-bond acceptors (Lipinski definition) is 5. The van der Waals surface area contributed by atoms with Crippen LogP contribution in [0.25, 0.3) is 10.7 Å². The molecule has 0 aliphatic heterocycles. The molecule has 2 rings (SSSR count). The highest BCUT2D eigenvalue weighted by Gasteiger charge is 2.38. The van der Waals surface area contributed by atoms with E-state index in [0.29, 0.717) is 18.0 Å². The molecule has 1 N–H and O–H groups in total. The third-order valence-electron chi connectivity index (χ3n) is 2.78. The number of nitrogens with one attached hydrogen (secondary N) is 1. The number of alkyl halides is 3. The highest BCUT2D eigenvalue weighted by Crippen LogP contribution is 2.31. The second kappa shape index (κ2) is 6.34. The van der Waals surface area contributed by atoms with Gasteiger partial charge in [-0.05, 0) is 19.1 Å². The van der Waals surface area contributed by atoms with E-state index in [1.54, 1.807) is 17.0 Å². The minimum absolute atomic E-state index is 0.119. The highest BCUT2D eigenvalue weighted by atomic mass is 32.1. The number of halogens is 3. The zero-order valence-corrected chi connectivity index (χ0v) is 12.6. The number of rotatable bonds is 4. The molecule has 0 unspecified atom stereocenters. The first-order valence-electron chi connectivity index (χ1n) is 6.31. The maximum Gasteiger partial charge on any atom is 0.471 e. The lowest BCUT2D eigenvalue weighted by Gasteiger charge is -2.19. The Hall–Kier alpha value is -2.10. The molecule has 2 aromatic heterocycles. The van der Waals surface area contributed by atoms with Crippen molar-refractivity contribution in [3.05, 3.63) is 22.9 Å². The summed E-state index contributed by atoms with van der Waals surface area (Å²) >= 11 is 1.21. The van der Waals surface area contributed by atoms with Gasteiger partial charge < -0.3 is 14.7 Å². The van der Waals surface area contributed by atoms with Crippen LogP contribution in [0.2, 0.25) is 0 Å². The molecule has 10 heteroatoms. The Kier molecular flexibility index (Phi) is 4.69. The lowest BCUT2D eigenvalue weighted by atomic mass is 10.4. The van der Waals surface area contributed by atoms with Crippen LogP contribution in [0.15, 0.2) is 16.7 Å². The summed E-state index contributed by atoms with van der Waals surface area (Å²) in [5, 5.41) is 5.85. The van der Waals surface area contributed by atoms with Crippen molar-refractivity contribution in [1.29, 1.82) is 0 Å². The van der Waals surface area contributed by atoms with Gasteiger partial charge in [-0.25, -0.2) is 4.79 Å². The lowest BCUT2D eigenvalue weighted by molar-refractivity contribution is -0.159. The van der Waals surface area contributed by atoms with Gasteiger partial charge in [-0.15, -0.1) is 11.3 Å². The summed E-state index contributed by atoms with van der Waals surface area (Å²) in [4.78, 5) is 17.7. The number of nitrogens with zero attached hydrogens (tertiary/aromatic N) is 3. The standard InChI is InChI=1S/C12H13F3N4O2S/c1-3-19(11(20)16-2)6-7-4-5-8(22-7)9-17-10(21-18-9)12(13,14)15/h4-5H,3,6H2,1-2H3,(H,16,20). The molecule has 0 atom stereocenters. The first-order chi connectivity index (χ1) is 10.3. The number of urea groups is 1. The fourth-order valence-corrected chi connectivity index (χ4v) is 2.64. The van der Waals surface area contributed by atoms with Crippen molar-refractivity contribution in [1.82, 2.24) is 20.4 Å². The maximum absolute atomic E-state index is 12.4. The van der Waals surface area contributed by atoms with Gasteiger partial charge in [0.2, 0.25) is 5.82 Å². The molecule has 2 aromatic rings. The summed E-state index contributed by atoms with van der Waals surface area (Å²) in [6.07, 6.45) is -4.66. The van der Waals surface area contributed by atoms with Crippen molar-refractivity contribution in [2.24, 2.45) is 0 Å². The van der Waals surface area contributed by atoms with Gasteiger partial charge in [0.15, 0.2) is 0 Å². The molecular formula is C12H13F3N4O2S. The molecule has 0 bridgehead atoms.